The molecule has 1 aliphatic heterocycles. The van der Waals surface area contributed by atoms with Crippen LogP contribution in [0.5, 0.6) is 11.5 Å². The van der Waals surface area contributed by atoms with Crippen LogP contribution in [0.4, 0.5) is 5.69 Å². The maximum Gasteiger partial charge on any atom is 0.341 e. The summed E-state index contributed by atoms with van der Waals surface area (Å²) in [5.74, 6) is -0.252. The molecule has 0 radical (unpaired) electrons. The zero-order valence-corrected chi connectivity index (χ0v) is 20.1. The molecule has 0 aliphatic carbocycles. The van der Waals surface area contributed by atoms with Crippen LogP contribution in [0.15, 0.2) is 30.6 Å². The Hall–Kier alpha value is -3.75. The molecule has 1 aliphatic rings. The third-order valence-electron chi connectivity index (χ3n) is 6.00. The average Bonchev–Trinajstić information content (AvgIpc) is 3.06. The van der Waals surface area contributed by atoms with Crippen molar-refractivity contribution in [1.82, 2.24) is 8.97 Å². The fourth-order valence-corrected chi connectivity index (χ4v) is 4.16. The van der Waals surface area contributed by atoms with Crippen LogP contribution in [0.1, 0.15) is 54.0 Å². The molecule has 0 saturated carbocycles. The summed E-state index contributed by atoms with van der Waals surface area (Å²) in [4.78, 5) is 27.1. The minimum atomic E-state index is -1.14. The summed E-state index contributed by atoms with van der Waals surface area (Å²) in [6.07, 6.45) is 3.02. The first-order valence-electron chi connectivity index (χ1n) is 11.2. The Morgan fingerprint density at radius 2 is 1.94 bits per heavy atom. The number of carboxylic acid groups (broad SMARTS) is 1. The van der Waals surface area contributed by atoms with Crippen molar-refractivity contribution in [3.8, 4) is 11.5 Å². The minimum absolute atomic E-state index is 0.00311. The van der Waals surface area contributed by atoms with E-state index in [0.717, 1.165) is 23.5 Å². The van der Waals surface area contributed by atoms with E-state index in [1.54, 1.807) is 19.2 Å². The second-order valence-corrected chi connectivity index (χ2v) is 9.48. The Bertz CT molecular complexity index is 1350. The van der Waals surface area contributed by atoms with Crippen molar-refractivity contribution >= 4 is 23.0 Å². The Morgan fingerprint density at radius 1 is 1.21 bits per heavy atom. The van der Waals surface area contributed by atoms with E-state index in [2.05, 4.69) is 25.7 Å². The molecule has 2 N–H and O–H groups in total. The standard InChI is InChI=1S/C25H30N4O5/c1-6-33-21-11-16-12-28(24(26)29(16)13-17(21)23(31)32)14-20(30)15-9-18(25(2,3)4)22-19(10-15)27(5)7-8-34-22/h9-13,26H,6-8,14H2,1-5H3,(H,31,32). The molecule has 0 spiro atoms. The number of ether oxygens (including phenoxy) is 2. The van der Waals surface area contributed by atoms with E-state index in [9.17, 15) is 14.7 Å². The normalized spacial score (nSPS) is 13.5. The zero-order valence-electron chi connectivity index (χ0n) is 20.1. The van der Waals surface area contributed by atoms with Crippen LogP contribution >= 0.6 is 0 Å². The molecule has 4 rings (SSSR count). The predicted octanol–water partition coefficient (Wildman–Crippen LogP) is 3.33. The SMILES string of the molecule is CCOc1cc2cn(CC(=O)c3cc4c(c(C(C)(C)C)c3)OCCN4C)c(=N)n2cc1C(=O)O. The lowest BCUT2D eigenvalue weighted by Crippen LogP contribution is -2.31. The monoisotopic (exact) mass is 466 g/mol. The topological polar surface area (TPSA) is 109 Å². The summed E-state index contributed by atoms with van der Waals surface area (Å²) in [7, 11) is 1.98. The van der Waals surface area contributed by atoms with Gasteiger partial charge >= 0.3 is 5.97 Å². The van der Waals surface area contributed by atoms with Gasteiger partial charge in [0.05, 0.1) is 30.9 Å². The van der Waals surface area contributed by atoms with E-state index in [1.807, 2.05) is 19.2 Å². The molecule has 0 unspecified atom stereocenters. The van der Waals surface area contributed by atoms with Crippen LogP contribution < -0.4 is 20.0 Å². The number of ketones is 1. The second kappa shape index (κ2) is 8.55. The molecule has 0 bridgehead atoms. The Morgan fingerprint density at radius 3 is 2.59 bits per heavy atom. The van der Waals surface area contributed by atoms with Crippen LogP contribution in [-0.2, 0) is 12.0 Å². The quantitative estimate of drug-likeness (QED) is 0.540. The molecular weight excluding hydrogens is 436 g/mol. The lowest BCUT2D eigenvalue weighted by Gasteiger charge is -2.33. The molecule has 0 fully saturated rings. The summed E-state index contributed by atoms with van der Waals surface area (Å²) in [5.41, 5.74) is 2.70. The van der Waals surface area contributed by atoms with Crippen molar-refractivity contribution in [2.24, 2.45) is 0 Å². The highest BCUT2D eigenvalue weighted by atomic mass is 16.5. The largest absolute Gasteiger partial charge is 0.493 e. The van der Waals surface area contributed by atoms with E-state index >= 15 is 0 Å². The number of benzene rings is 1. The van der Waals surface area contributed by atoms with Crippen molar-refractivity contribution < 1.29 is 24.2 Å². The van der Waals surface area contributed by atoms with Crippen LogP contribution in [0, 0.1) is 5.41 Å². The van der Waals surface area contributed by atoms with Gasteiger partial charge in [-0.25, -0.2) is 4.79 Å². The Kier molecular flexibility index (Phi) is 5.89. The van der Waals surface area contributed by atoms with E-state index < -0.39 is 5.97 Å². The summed E-state index contributed by atoms with van der Waals surface area (Å²) in [5, 5.41) is 18.0. The van der Waals surface area contributed by atoms with Gasteiger partial charge in [0.25, 0.3) is 0 Å². The molecule has 9 heteroatoms. The van der Waals surface area contributed by atoms with Gasteiger partial charge in [0.2, 0.25) is 5.62 Å². The van der Waals surface area contributed by atoms with Crippen LogP contribution in [0.3, 0.4) is 0 Å². The predicted molar refractivity (Wildman–Crippen MR) is 128 cm³/mol. The van der Waals surface area contributed by atoms with E-state index in [1.165, 1.54) is 15.2 Å². The van der Waals surface area contributed by atoms with E-state index in [0.29, 0.717) is 24.3 Å². The number of nitrogens with one attached hydrogen (secondary N) is 1. The van der Waals surface area contributed by atoms with Gasteiger partial charge in [-0.1, -0.05) is 20.8 Å². The summed E-state index contributed by atoms with van der Waals surface area (Å²) in [6, 6.07) is 5.31. The molecule has 180 valence electrons. The van der Waals surface area contributed by atoms with Crippen molar-refractivity contribution in [3.63, 3.8) is 0 Å². The Balaban J connectivity index is 1.75. The third-order valence-corrected chi connectivity index (χ3v) is 6.00. The molecule has 9 nitrogen and oxygen atoms in total. The number of fused-ring (bicyclic) bond motifs is 2. The maximum atomic E-state index is 13.4. The van der Waals surface area contributed by atoms with Gasteiger partial charge in [0, 0.05) is 36.6 Å². The summed E-state index contributed by atoms with van der Waals surface area (Å²) >= 11 is 0. The third kappa shape index (κ3) is 4.13. The van der Waals surface area contributed by atoms with Gasteiger partial charge in [-0.05, 0) is 24.5 Å². The number of aromatic nitrogens is 2. The van der Waals surface area contributed by atoms with Gasteiger partial charge in [-0.15, -0.1) is 0 Å². The molecule has 3 aromatic rings. The maximum absolute atomic E-state index is 13.4. The second-order valence-electron chi connectivity index (χ2n) is 9.48. The summed E-state index contributed by atoms with van der Waals surface area (Å²) < 4.78 is 14.4. The first-order chi connectivity index (χ1) is 16.0. The first kappa shape index (κ1) is 23.4. The fourth-order valence-electron chi connectivity index (χ4n) is 4.16. The molecule has 3 heterocycles. The molecular formula is C25H30N4O5. The van der Waals surface area contributed by atoms with Crippen LogP contribution in [-0.4, -0.2) is 52.6 Å². The zero-order chi connectivity index (χ0) is 24.8. The Labute approximate surface area is 197 Å². The van der Waals surface area contributed by atoms with Gasteiger partial charge in [-0.3, -0.25) is 14.6 Å². The minimum Gasteiger partial charge on any atom is -0.493 e. The van der Waals surface area contributed by atoms with Gasteiger partial charge in [-0.2, -0.15) is 0 Å². The number of nitrogens with zero attached hydrogens (tertiary/aromatic N) is 3. The van der Waals surface area contributed by atoms with Crippen molar-refractivity contribution in [3.05, 3.63) is 52.9 Å². The lowest BCUT2D eigenvalue weighted by atomic mass is 9.84. The number of hydrogen-bond donors (Lipinski definition) is 2. The lowest BCUT2D eigenvalue weighted by molar-refractivity contribution is 0.0691. The van der Waals surface area contributed by atoms with Crippen molar-refractivity contribution in [2.75, 3.05) is 31.7 Å². The number of Topliss-reactive ketones (excluding diaryl/α,β-unsaturated/α-hetero) is 1. The molecule has 34 heavy (non-hydrogen) atoms. The van der Waals surface area contributed by atoms with Crippen LogP contribution in [0.2, 0.25) is 0 Å². The fraction of sp³-hybridized carbons (Fsp3) is 0.400. The number of carbonyl (C=O) groups is 2. The number of anilines is 1. The molecule has 0 atom stereocenters. The summed E-state index contributed by atoms with van der Waals surface area (Å²) in [6.45, 7) is 9.62. The van der Waals surface area contributed by atoms with Gasteiger partial charge in [0.1, 0.15) is 23.7 Å². The number of carbonyl (C=O) groups excluding carboxylic acids is 1. The average molecular weight is 467 g/mol. The van der Waals surface area contributed by atoms with E-state index in [-0.39, 0.29) is 34.7 Å². The number of aromatic carboxylic acids is 1. The molecule has 0 amide bonds. The van der Waals surface area contributed by atoms with Crippen molar-refractivity contribution in [1.29, 1.82) is 5.41 Å². The number of hydrogen-bond acceptors (Lipinski definition) is 6. The van der Waals surface area contributed by atoms with Crippen molar-refractivity contribution in [2.45, 2.75) is 39.7 Å². The smallest absolute Gasteiger partial charge is 0.341 e. The number of pyridine rings is 1. The molecule has 1 aromatic carbocycles. The van der Waals surface area contributed by atoms with Gasteiger partial charge in [0.15, 0.2) is 5.78 Å². The number of carboxylic acids is 1. The highest BCUT2D eigenvalue weighted by Crippen LogP contribution is 2.41. The van der Waals surface area contributed by atoms with Crippen LogP contribution in [0.25, 0.3) is 5.52 Å². The number of imidazole rings is 1. The molecule has 2 aromatic heterocycles. The number of rotatable bonds is 6. The molecule has 0 saturated heterocycles. The van der Waals surface area contributed by atoms with Gasteiger partial charge < -0.3 is 24.0 Å². The highest BCUT2D eigenvalue weighted by Gasteiger charge is 2.28. The first-order valence-corrected chi connectivity index (χ1v) is 11.2. The highest BCUT2D eigenvalue weighted by molar-refractivity contribution is 5.98. The van der Waals surface area contributed by atoms with E-state index in [4.69, 9.17) is 14.9 Å². The number of likely N-dealkylation sites (N-methyl/N-ethyl adjacent to an activating group) is 1.